The Morgan fingerprint density at radius 3 is 3.22 bits per heavy atom. The molecule has 5 nitrogen and oxygen atoms in total. The van der Waals surface area contributed by atoms with E-state index in [2.05, 4.69) is 11.9 Å². The van der Waals surface area contributed by atoms with Gasteiger partial charge < -0.3 is 14.4 Å². The molecular formula is C17H20N2O3S. The van der Waals surface area contributed by atoms with Gasteiger partial charge in [-0.2, -0.15) is 0 Å². The van der Waals surface area contributed by atoms with Crippen molar-refractivity contribution < 1.29 is 14.3 Å². The van der Waals surface area contributed by atoms with E-state index in [0.717, 1.165) is 12.1 Å². The Bertz CT molecular complexity index is 645. The number of hydrogen-bond donors (Lipinski definition) is 0. The third-order valence-electron chi connectivity index (χ3n) is 3.83. The lowest BCUT2D eigenvalue weighted by molar-refractivity contribution is -0.0226. The minimum Gasteiger partial charge on any atom is -0.487 e. The molecule has 3 rings (SSSR count). The monoisotopic (exact) mass is 332 g/mol. The highest BCUT2D eigenvalue weighted by Crippen LogP contribution is 2.18. The molecule has 1 aliphatic heterocycles. The number of aromatic nitrogens is 1. The van der Waals surface area contributed by atoms with Crippen LogP contribution in [0.3, 0.4) is 0 Å². The lowest BCUT2D eigenvalue weighted by Gasteiger charge is -2.32. The van der Waals surface area contributed by atoms with E-state index in [4.69, 9.17) is 9.47 Å². The van der Waals surface area contributed by atoms with Gasteiger partial charge in [-0.1, -0.05) is 13.0 Å². The zero-order valence-corrected chi connectivity index (χ0v) is 13.9. The summed E-state index contributed by atoms with van der Waals surface area (Å²) in [5.74, 6) is 0.718. The highest BCUT2D eigenvalue weighted by molar-refractivity contribution is 7.07. The summed E-state index contributed by atoms with van der Waals surface area (Å²) < 4.78 is 11.3. The number of hydrogen-bond acceptors (Lipinski definition) is 5. The Hall–Kier alpha value is -1.92. The number of benzene rings is 1. The summed E-state index contributed by atoms with van der Waals surface area (Å²) in [6, 6.07) is 7.33. The van der Waals surface area contributed by atoms with Crippen LogP contribution in [0.25, 0.3) is 0 Å². The second-order valence-corrected chi connectivity index (χ2v) is 6.17. The number of carbonyl (C=O) groups excluding carboxylic acids is 1. The molecule has 0 radical (unpaired) electrons. The summed E-state index contributed by atoms with van der Waals surface area (Å²) in [7, 11) is 0. The Morgan fingerprint density at radius 1 is 1.52 bits per heavy atom. The quantitative estimate of drug-likeness (QED) is 0.845. The molecule has 1 aliphatic rings. The van der Waals surface area contributed by atoms with Crippen molar-refractivity contribution in [1.29, 1.82) is 0 Å². The van der Waals surface area contributed by atoms with Gasteiger partial charge in [-0.25, -0.2) is 4.98 Å². The van der Waals surface area contributed by atoms with Gasteiger partial charge in [0.25, 0.3) is 5.91 Å². The van der Waals surface area contributed by atoms with Crippen LogP contribution in [-0.4, -0.2) is 41.6 Å². The van der Waals surface area contributed by atoms with Crippen LogP contribution in [0.2, 0.25) is 0 Å². The zero-order chi connectivity index (χ0) is 16.1. The maximum absolute atomic E-state index is 12.7. The highest BCUT2D eigenvalue weighted by atomic mass is 32.1. The summed E-state index contributed by atoms with van der Waals surface area (Å²) >= 11 is 1.54. The Labute approximate surface area is 139 Å². The smallest absolute Gasteiger partial charge is 0.254 e. The Balaban J connectivity index is 1.65. The summed E-state index contributed by atoms with van der Waals surface area (Å²) in [6.07, 6.45) is 1.05. The molecule has 1 atom stereocenters. The molecule has 2 heterocycles. The summed E-state index contributed by atoms with van der Waals surface area (Å²) in [5.41, 5.74) is 3.32. The molecule has 0 N–H and O–H groups in total. The van der Waals surface area contributed by atoms with Crippen molar-refractivity contribution in [2.24, 2.45) is 0 Å². The number of ether oxygens (including phenoxy) is 2. The molecule has 0 aliphatic carbocycles. The van der Waals surface area contributed by atoms with Crippen LogP contribution in [0.1, 0.15) is 29.4 Å². The van der Waals surface area contributed by atoms with Gasteiger partial charge in [-0.3, -0.25) is 4.79 Å². The van der Waals surface area contributed by atoms with Crippen LogP contribution >= 0.6 is 11.3 Å². The molecule has 1 aromatic carbocycles. The van der Waals surface area contributed by atoms with E-state index in [1.54, 1.807) is 22.9 Å². The van der Waals surface area contributed by atoms with E-state index < -0.39 is 0 Å². The lowest BCUT2D eigenvalue weighted by Crippen LogP contribution is -2.45. The lowest BCUT2D eigenvalue weighted by atomic mass is 10.1. The molecule has 0 unspecified atom stereocenters. The first kappa shape index (κ1) is 16.0. The fourth-order valence-corrected chi connectivity index (χ4v) is 3.06. The molecular weight excluding hydrogens is 312 g/mol. The number of thiazole rings is 1. The topological polar surface area (TPSA) is 51.7 Å². The standard InChI is InChI=1S/C17H20N2O3S/c1-2-15-9-19(6-7-21-15)17(20)13-4-3-5-16(8-13)22-10-14-11-23-12-18-14/h3-5,8,11-12,15H,2,6-7,9-10H2,1H3/t15-/m0/s1. The van der Waals surface area contributed by atoms with E-state index in [1.807, 2.05) is 28.5 Å². The molecule has 23 heavy (non-hydrogen) atoms. The number of amides is 1. The second-order valence-electron chi connectivity index (χ2n) is 5.45. The highest BCUT2D eigenvalue weighted by Gasteiger charge is 2.24. The average Bonchev–Trinajstić information content (AvgIpc) is 3.13. The number of carbonyl (C=O) groups is 1. The largest absolute Gasteiger partial charge is 0.487 e. The normalized spacial score (nSPS) is 18.0. The maximum Gasteiger partial charge on any atom is 0.254 e. The Kier molecular flexibility index (Phi) is 5.25. The van der Waals surface area contributed by atoms with Gasteiger partial charge in [0, 0.05) is 24.0 Å². The third-order valence-corrected chi connectivity index (χ3v) is 4.47. The molecule has 1 amide bonds. The molecule has 0 bridgehead atoms. The number of nitrogens with zero attached hydrogens (tertiary/aromatic N) is 2. The van der Waals surface area contributed by atoms with Crippen molar-refractivity contribution in [3.05, 3.63) is 46.4 Å². The average molecular weight is 332 g/mol. The molecule has 122 valence electrons. The van der Waals surface area contributed by atoms with Crippen molar-refractivity contribution in [1.82, 2.24) is 9.88 Å². The predicted molar refractivity (Wildman–Crippen MR) is 88.8 cm³/mol. The van der Waals surface area contributed by atoms with Crippen molar-refractivity contribution in [2.45, 2.75) is 26.1 Å². The predicted octanol–water partition coefficient (Wildman–Crippen LogP) is 2.97. The van der Waals surface area contributed by atoms with Crippen LogP contribution < -0.4 is 4.74 Å². The molecule has 2 aromatic rings. The summed E-state index contributed by atoms with van der Waals surface area (Å²) in [5, 5.41) is 1.95. The fraction of sp³-hybridized carbons (Fsp3) is 0.412. The minimum atomic E-state index is 0.0332. The summed E-state index contributed by atoms with van der Waals surface area (Å²) in [4.78, 5) is 18.7. The van der Waals surface area contributed by atoms with Gasteiger partial charge in [-0.05, 0) is 24.6 Å². The van der Waals surface area contributed by atoms with Crippen LogP contribution in [0.15, 0.2) is 35.2 Å². The first-order valence-electron chi connectivity index (χ1n) is 7.77. The van der Waals surface area contributed by atoms with Crippen molar-refractivity contribution >= 4 is 17.2 Å². The van der Waals surface area contributed by atoms with Crippen molar-refractivity contribution in [2.75, 3.05) is 19.7 Å². The van der Waals surface area contributed by atoms with E-state index in [1.165, 1.54) is 0 Å². The van der Waals surface area contributed by atoms with E-state index in [0.29, 0.717) is 37.6 Å². The van der Waals surface area contributed by atoms with Crippen LogP contribution in [0.5, 0.6) is 5.75 Å². The first-order chi connectivity index (χ1) is 11.3. The maximum atomic E-state index is 12.7. The van der Waals surface area contributed by atoms with Gasteiger partial charge in [0.05, 0.1) is 23.9 Å². The van der Waals surface area contributed by atoms with Crippen LogP contribution in [0.4, 0.5) is 0 Å². The third kappa shape index (κ3) is 4.09. The molecule has 1 fully saturated rings. The number of morpholine rings is 1. The van der Waals surface area contributed by atoms with E-state index >= 15 is 0 Å². The second kappa shape index (κ2) is 7.57. The van der Waals surface area contributed by atoms with Crippen LogP contribution in [0, 0.1) is 0 Å². The van der Waals surface area contributed by atoms with Gasteiger partial charge >= 0.3 is 0 Å². The van der Waals surface area contributed by atoms with E-state index in [-0.39, 0.29) is 12.0 Å². The van der Waals surface area contributed by atoms with Gasteiger partial charge in [0.2, 0.25) is 0 Å². The molecule has 0 spiro atoms. The van der Waals surface area contributed by atoms with Gasteiger partial charge in [0.15, 0.2) is 0 Å². The zero-order valence-electron chi connectivity index (χ0n) is 13.1. The number of rotatable bonds is 5. The van der Waals surface area contributed by atoms with E-state index in [9.17, 15) is 4.79 Å². The SMILES string of the molecule is CC[C@H]1CN(C(=O)c2cccc(OCc3cscn3)c2)CCO1. The summed E-state index contributed by atoms with van der Waals surface area (Å²) in [6.45, 7) is 4.38. The van der Waals surface area contributed by atoms with Gasteiger partial charge in [0.1, 0.15) is 12.4 Å². The molecule has 6 heteroatoms. The Morgan fingerprint density at radius 2 is 2.43 bits per heavy atom. The van der Waals surface area contributed by atoms with Crippen molar-refractivity contribution in [3.63, 3.8) is 0 Å². The van der Waals surface area contributed by atoms with Gasteiger partial charge in [-0.15, -0.1) is 11.3 Å². The first-order valence-corrected chi connectivity index (χ1v) is 8.71. The minimum absolute atomic E-state index is 0.0332. The van der Waals surface area contributed by atoms with Crippen LogP contribution in [-0.2, 0) is 11.3 Å². The van der Waals surface area contributed by atoms with Crippen molar-refractivity contribution in [3.8, 4) is 5.75 Å². The molecule has 0 saturated carbocycles. The molecule has 1 aromatic heterocycles. The fourth-order valence-electron chi connectivity index (χ4n) is 2.52. The molecule has 1 saturated heterocycles.